The van der Waals surface area contributed by atoms with Crippen LogP contribution in [0.4, 0.5) is 13.2 Å². The van der Waals surface area contributed by atoms with Crippen molar-refractivity contribution in [3.8, 4) is 0 Å². The molecule has 0 amide bonds. The summed E-state index contributed by atoms with van der Waals surface area (Å²) in [5.41, 5.74) is 2.24. The molecule has 0 aliphatic carbocycles. The molecular formula is C12H16F3NS. The second-order valence-corrected chi connectivity index (χ2v) is 5.43. The Morgan fingerprint density at radius 3 is 2.35 bits per heavy atom. The van der Waals surface area contributed by atoms with Gasteiger partial charge in [-0.05, 0) is 35.7 Å². The standard InChI is InChI=1S/C12H16F3NS/c1-8(2)7-10(16)9-5-3-4-6-11(9)17-12(13,14)15/h3-6,8,10H,7,16H2,1-2H3/t10-/m1/s1. The average molecular weight is 263 g/mol. The molecule has 1 rings (SSSR count). The lowest BCUT2D eigenvalue weighted by Crippen LogP contribution is -2.14. The first-order chi connectivity index (χ1) is 7.79. The number of thioether (sulfide) groups is 1. The highest BCUT2D eigenvalue weighted by Crippen LogP contribution is 2.40. The molecule has 0 spiro atoms. The molecule has 0 saturated carbocycles. The molecule has 0 aromatic heterocycles. The first kappa shape index (κ1) is 14.4. The second-order valence-electron chi connectivity index (χ2n) is 4.32. The maximum atomic E-state index is 12.4. The molecule has 1 aromatic carbocycles. The van der Waals surface area contributed by atoms with E-state index in [0.717, 1.165) is 0 Å². The number of alkyl halides is 3. The Morgan fingerprint density at radius 1 is 1.24 bits per heavy atom. The van der Waals surface area contributed by atoms with Gasteiger partial charge in [0.15, 0.2) is 0 Å². The van der Waals surface area contributed by atoms with Crippen LogP contribution in [0.15, 0.2) is 29.2 Å². The van der Waals surface area contributed by atoms with E-state index in [4.69, 9.17) is 5.73 Å². The molecule has 0 unspecified atom stereocenters. The van der Waals surface area contributed by atoms with Crippen LogP contribution in [0.3, 0.4) is 0 Å². The topological polar surface area (TPSA) is 26.0 Å². The van der Waals surface area contributed by atoms with Gasteiger partial charge >= 0.3 is 5.51 Å². The zero-order valence-corrected chi connectivity index (χ0v) is 10.6. The van der Waals surface area contributed by atoms with Crippen molar-refractivity contribution in [2.45, 2.75) is 36.7 Å². The van der Waals surface area contributed by atoms with E-state index in [1.165, 1.54) is 6.07 Å². The van der Waals surface area contributed by atoms with E-state index >= 15 is 0 Å². The summed E-state index contributed by atoms with van der Waals surface area (Å²) in [7, 11) is 0. The number of hydrogen-bond donors (Lipinski definition) is 1. The van der Waals surface area contributed by atoms with Gasteiger partial charge in [0.2, 0.25) is 0 Å². The molecule has 96 valence electrons. The van der Waals surface area contributed by atoms with Crippen LogP contribution in [0.25, 0.3) is 0 Å². The van der Waals surface area contributed by atoms with Crippen LogP contribution in [-0.4, -0.2) is 5.51 Å². The molecule has 1 aromatic rings. The average Bonchev–Trinajstić information content (AvgIpc) is 2.14. The number of halogens is 3. The summed E-state index contributed by atoms with van der Waals surface area (Å²) in [6.07, 6.45) is 0.676. The first-order valence-electron chi connectivity index (χ1n) is 5.40. The molecule has 0 radical (unpaired) electrons. The highest BCUT2D eigenvalue weighted by Gasteiger charge is 2.30. The third kappa shape index (κ3) is 5.00. The SMILES string of the molecule is CC(C)C[C@@H](N)c1ccccc1SC(F)(F)F. The minimum Gasteiger partial charge on any atom is -0.324 e. The Labute approximate surface area is 104 Å². The van der Waals surface area contributed by atoms with Crippen LogP contribution in [-0.2, 0) is 0 Å². The molecule has 17 heavy (non-hydrogen) atoms. The quantitative estimate of drug-likeness (QED) is 0.817. The van der Waals surface area contributed by atoms with Gasteiger partial charge in [-0.1, -0.05) is 32.0 Å². The minimum absolute atomic E-state index is 0.0972. The predicted molar refractivity (Wildman–Crippen MR) is 64.7 cm³/mol. The summed E-state index contributed by atoms with van der Waals surface area (Å²) in [5, 5.41) is 0. The monoisotopic (exact) mass is 263 g/mol. The number of rotatable bonds is 4. The third-order valence-corrected chi connectivity index (χ3v) is 3.09. The predicted octanol–water partition coefficient (Wildman–Crippen LogP) is 4.34. The number of benzene rings is 1. The van der Waals surface area contributed by atoms with Gasteiger partial charge in [-0.3, -0.25) is 0 Å². The van der Waals surface area contributed by atoms with Crippen molar-refractivity contribution in [2.75, 3.05) is 0 Å². The van der Waals surface area contributed by atoms with Crippen molar-refractivity contribution < 1.29 is 13.2 Å². The van der Waals surface area contributed by atoms with Crippen molar-refractivity contribution in [1.82, 2.24) is 0 Å². The van der Waals surface area contributed by atoms with Gasteiger partial charge in [0, 0.05) is 10.9 Å². The van der Waals surface area contributed by atoms with Crippen LogP contribution in [0.2, 0.25) is 0 Å². The molecule has 0 fully saturated rings. The fourth-order valence-electron chi connectivity index (χ4n) is 1.64. The lowest BCUT2D eigenvalue weighted by atomic mass is 9.98. The molecule has 1 atom stereocenters. The van der Waals surface area contributed by atoms with Crippen molar-refractivity contribution in [1.29, 1.82) is 0 Å². The van der Waals surface area contributed by atoms with E-state index in [-0.39, 0.29) is 22.7 Å². The largest absolute Gasteiger partial charge is 0.446 e. The van der Waals surface area contributed by atoms with Gasteiger partial charge in [-0.2, -0.15) is 13.2 Å². The van der Waals surface area contributed by atoms with E-state index in [2.05, 4.69) is 0 Å². The number of nitrogens with two attached hydrogens (primary N) is 1. The molecule has 0 aliphatic heterocycles. The van der Waals surface area contributed by atoms with E-state index in [9.17, 15) is 13.2 Å². The maximum Gasteiger partial charge on any atom is 0.446 e. The van der Waals surface area contributed by atoms with Crippen molar-refractivity contribution in [3.05, 3.63) is 29.8 Å². The van der Waals surface area contributed by atoms with E-state index < -0.39 is 5.51 Å². The summed E-state index contributed by atoms with van der Waals surface area (Å²) < 4.78 is 37.1. The highest BCUT2D eigenvalue weighted by molar-refractivity contribution is 8.00. The van der Waals surface area contributed by atoms with Gasteiger partial charge < -0.3 is 5.73 Å². The lowest BCUT2D eigenvalue weighted by molar-refractivity contribution is -0.0328. The van der Waals surface area contributed by atoms with Gasteiger partial charge in [0.1, 0.15) is 0 Å². The van der Waals surface area contributed by atoms with Gasteiger partial charge in [0.25, 0.3) is 0 Å². The Balaban J connectivity index is 2.91. The summed E-state index contributed by atoms with van der Waals surface area (Å²) in [5.74, 6) is 0.356. The van der Waals surface area contributed by atoms with Gasteiger partial charge in [-0.15, -0.1) is 0 Å². The maximum absolute atomic E-state index is 12.4. The van der Waals surface area contributed by atoms with Crippen LogP contribution in [0.5, 0.6) is 0 Å². The van der Waals surface area contributed by atoms with Crippen molar-refractivity contribution in [3.63, 3.8) is 0 Å². The molecular weight excluding hydrogens is 247 g/mol. The molecule has 2 N–H and O–H groups in total. The Kier molecular flexibility index (Phi) is 4.89. The normalized spacial score (nSPS) is 14.1. The fraction of sp³-hybridized carbons (Fsp3) is 0.500. The second kappa shape index (κ2) is 5.78. The lowest BCUT2D eigenvalue weighted by Gasteiger charge is -2.18. The Hall–Kier alpha value is -0.680. The molecule has 0 aliphatic rings. The van der Waals surface area contributed by atoms with E-state index in [1.807, 2.05) is 13.8 Å². The molecule has 5 heteroatoms. The van der Waals surface area contributed by atoms with Crippen LogP contribution < -0.4 is 5.73 Å². The summed E-state index contributed by atoms with van der Waals surface area (Å²) >= 11 is -0.0972. The molecule has 0 bridgehead atoms. The molecule has 0 saturated heterocycles. The highest BCUT2D eigenvalue weighted by atomic mass is 32.2. The van der Waals surface area contributed by atoms with E-state index in [1.54, 1.807) is 18.2 Å². The minimum atomic E-state index is -4.27. The van der Waals surface area contributed by atoms with E-state index in [0.29, 0.717) is 17.9 Å². The van der Waals surface area contributed by atoms with Crippen LogP contribution in [0, 0.1) is 5.92 Å². The summed E-state index contributed by atoms with van der Waals surface area (Å²) in [4.78, 5) is 0.202. The zero-order chi connectivity index (χ0) is 13.1. The first-order valence-corrected chi connectivity index (χ1v) is 6.21. The summed E-state index contributed by atoms with van der Waals surface area (Å²) in [6, 6.07) is 6.10. The zero-order valence-electron chi connectivity index (χ0n) is 9.79. The van der Waals surface area contributed by atoms with Crippen LogP contribution >= 0.6 is 11.8 Å². The molecule has 0 heterocycles. The summed E-state index contributed by atoms with van der Waals surface area (Å²) in [6.45, 7) is 4.00. The van der Waals surface area contributed by atoms with Gasteiger partial charge in [-0.25, -0.2) is 0 Å². The Bertz CT molecular complexity index is 363. The third-order valence-electron chi connectivity index (χ3n) is 2.27. The molecule has 1 nitrogen and oxygen atoms in total. The fourth-order valence-corrected chi connectivity index (χ4v) is 2.37. The Morgan fingerprint density at radius 2 is 1.82 bits per heavy atom. The van der Waals surface area contributed by atoms with Gasteiger partial charge in [0.05, 0.1) is 0 Å². The smallest absolute Gasteiger partial charge is 0.324 e. The van der Waals surface area contributed by atoms with Crippen molar-refractivity contribution in [2.24, 2.45) is 11.7 Å². The number of hydrogen-bond acceptors (Lipinski definition) is 2. The van der Waals surface area contributed by atoms with Crippen molar-refractivity contribution >= 4 is 11.8 Å². The van der Waals surface area contributed by atoms with Crippen LogP contribution in [0.1, 0.15) is 31.9 Å².